The van der Waals surface area contributed by atoms with Crippen LogP contribution in [0, 0.1) is 59.6 Å². The van der Waals surface area contributed by atoms with Crippen molar-refractivity contribution in [3.05, 3.63) is 150 Å². The van der Waals surface area contributed by atoms with E-state index in [0.717, 1.165) is 41.5 Å². The molecule has 1 unspecified atom stereocenters. The maximum atomic E-state index is 10.7. The summed E-state index contributed by atoms with van der Waals surface area (Å²) in [5.41, 5.74) is 24.2. The monoisotopic (exact) mass is 783 g/mol. The van der Waals surface area contributed by atoms with Crippen LogP contribution in [0.4, 0.5) is 22.7 Å². The fourth-order valence-corrected chi connectivity index (χ4v) is 9.58. The second-order valence-electron chi connectivity index (χ2n) is 18.7. The van der Waals surface area contributed by atoms with Gasteiger partial charge in [0.2, 0.25) is 0 Å². The van der Waals surface area contributed by atoms with Gasteiger partial charge in [-0.05, 0) is 222 Å². The van der Waals surface area contributed by atoms with E-state index in [1.165, 1.54) is 106 Å². The van der Waals surface area contributed by atoms with Gasteiger partial charge in [-0.2, -0.15) is 0 Å². The number of hydrogen-bond acceptors (Lipinski definition) is 3. The molecule has 1 N–H and O–H groups in total. The van der Waals surface area contributed by atoms with E-state index in [0.29, 0.717) is 17.6 Å². The van der Waals surface area contributed by atoms with E-state index in [-0.39, 0.29) is 5.92 Å². The third kappa shape index (κ3) is 7.28. The molecule has 0 aromatic heterocycles. The fourth-order valence-electron chi connectivity index (χ4n) is 9.58. The molecule has 3 nitrogen and oxygen atoms in total. The molecule has 0 bridgehead atoms. The zero-order valence-electron chi connectivity index (χ0n) is 38.8. The van der Waals surface area contributed by atoms with E-state index in [1.807, 2.05) is 6.92 Å². The summed E-state index contributed by atoms with van der Waals surface area (Å²) >= 11 is 0. The van der Waals surface area contributed by atoms with E-state index in [9.17, 15) is 5.11 Å². The minimum absolute atomic E-state index is 0.264. The third-order valence-electron chi connectivity index (χ3n) is 14.2. The van der Waals surface area contributed by atoms with Crippen LogP contribution in [0.2, 0.25) is 0 Å². The van der Waals surface area contributed by atoms with Crippen LogP contribution in [0.3, 0.4) is 0 Å². The first-order valence-electron chi connectivity index (χ1n) is 21.9. The van der Waals surface area contributed by atoms with Crippen molar-refractivity contribution in [1.82, 2.24) is 0 Å². The summed E-state index contributed by atoms with van der Waals surface area (Å²) in [6, 6.07) is 22.1. The van der Waals surface area contributed by atoms with Crippen LogP contribution in [0.1, 0.15) is 143 Å². The molecule has 2 aliphatic rings. The molecule has 306 valence electrons. The van der Waals surface area contributed by atoms with Crippen molar-refractivity contribution in [2.45, 2.75) is 142 Å². The van der Waals surface area contributed by atoms with E-state index in [2.05, 4.69) is 168 Å². The van der Waals surface area contributed by atoms with Crippen molar-refractivity contribution in [2.75, 3.05) is 9.80 Å². The Balaban J connectivity index is 1.65. The number of aliphatic hydroxyl groups is 1. The molecule has 0 radical (unpaired) electrons. The number of aryl methyl sites for hydroxylation is 6. The van der Waals surface area contributed by atoms with E-state index >= 15 is 0 Å². The number of benzene rings is 4. The Morgan fingerprint density at radius 3 is 1.73 bits per heavy atom. The zero-order chi connectivity index (χ0) is 42.9. The molecule has 5 aromatic rings. The summed E-state index contributed by atoms with van der Waals surface area (Å²) in [6.45, 7) is 35.6. The lowest BCUT2D eigenvalue weighted by Crippen LogP contribution is -2.23. The molecule has 2 aliphatic carbocycles. The molecule has 1 atom stereocenters. The first kappa shape index (κ1) is 41.9. The van der Waals surface area contributed by atoms with Gasteiger partial charge in [0, 0.05) is 45.1 Å². The SMILES string of the molecule is CC1=C(C)C(C)CC(N(c2cc(C)c(C)c(C)c2)c2cc(C(C)C)c3c4c2c#cc2c(C(C)C)cc(N(/C=C(C)\C(C)=C(\C)O)c5cc(C)c(C)c(C)c5)c(c24)CC3)=C1. The number of nitrogens with zero attached hydrogens (tertiary/aromatic N) is 2. The van der Waals surface area contributed by atoms with Crippen LogP contribution in [0.25, 0.3) is 21.5 Å². The first-order valence-corrected chi connectivity index (χ1v) is 21.9. The fraction of sp³-hybridized carbons (Fsp3) is 0.393. The summed E-state index contributed by atoms with van der Waals surface area (Å²) in [5, 5.41) is 15.7. The molecule has 0 saturated carbocycles. The van der Waals surface area contributed by atoms with E-state index in [4.69, 9.17) is 0 Å². The summed E-state index contributed by atoms with van der Waals surface area (Å²) in [7, 11) is 0. The molecule has 0 saturated heterocycles. The maximum Gasteiger partial charge on any atom is 0.0923 e. The summed E-state index contributed by atoms with van der Waals surface area (Å²) in [4.78, 5) is 5.00. The van der Waals surface area contributed by atoms with Crippen molar-refractivity contribution in [1.29, 1.82) is 0 Å². The highest BCUT2D eigenvalue weighted by molar-refractivity contribution is 6.17. The van der Waals surface area contributed by atoms with Crippen LogP contribution >= 0.6 is 0 Å². The highest BCUT2D eigenvalue weighted by atomic mass is 16.3. The number of hydrogen-bond donors (Lipinski definition) is 1. The number of allylic oxidation sites excluding steroid dienone is 7. The van der Waals surface area contributed by atoms with Crippen LogP contribution < -0.4 is 9.80 Å². The average molecular weight is 783 g/mol. The minimum atomic E-state index is 0.264. The Kier molecular flexibility index (Phi) is 11.2. The summed E-state index contributed by atoms with van der Waals surface area (Å²) in [5.74, 6) is 1.40. The van der Waals surface area contributed by atoms with Crippen molar-refractivity contribution in [2.24, 2.45) is 5.92 Å². The van der Waals surface area contributed by atoms with Gasteiger partial charge >= 0.3 is 0 Å². The van der Waals surface area contributed by atoms with Crippen molar-refractivity contribution >= 4 is 44.3 Å². The molecule has 0 heterocycles. The lowest BCUT2D eigenvalue weighted by atomic mass is 9.78. The second-order valence-corrected chi connectivity index (χ2v) is 18.7. The molecule has 5 aromatic carbocycles. The lowest BCUT2D eigenvalue weighted by Gasteiger charge is -2.36. The molecule has 7 rings (SSSR count). The van der Waals surface area contributed by atoms with Gasteiger partial charge in [0.1, 0.15) is 0 Å². The molecule has 3 heteroatoms. The molecule has 0 fully saturated rings. The topological polar surface area (TPSA) is 26.7 Å². The molecule has 59 heavy (non-hydrogen) atoms. The van der Waals surface area contributed by atoms with Crippen molar-refractivity contribution in [3.8, 4) is 0 Å². The predicted molar refractivity (Wildman–Crippen MR) is 255 cm³/mol. The largest absolute Gasteiger partial charge is 0.512 e. The number of aliphatic hydroxyl groups excluding tert-OH is 1. The zero-order valence-corrected chi connectivity index (χ0v) is 38.8. The van der Waals surface area contributed by atoms with Gasteiger partial charge < -0.3 is 14.9 Å². The van der Waals surface area contributed by atoms with E-state index in [1.54, 1.807) is 6.92 Å². The van der Waals surface area contributed by atoms with Crippen LogP contribution in [-0.2, 0) is 12.8 Å². The highest BCUT2D eigenvalue weighted by Gasteiger charge is 2.31. The van der Waals surface area contributed by atoms with Crippen LogP contribution in [-0.4, -0.2) is 5.11 Å². The minimum Gasteiger partial charge on any atom is -0.512 e. The van der Waals surface area contributed by atoms with E-state index < -0.39 is 0 Å². The van der Waals surface area contributed by atoms with Crippen LogP contribution in [0.5, 0.6) is 0 Å². The molecular weight excluding hydrogens is 717 g/mol. The Hall–Kier alpha value is -5.20. The molecule has 0 amide bonds. The van der Waals surface area contributed by atoms with Gasteiger partial charge in [0.15, 0.2) is 0 Å². The van der Waals surface area contributed by atoms with Gasteiger partial charge in [-0.1, -0.05) is 57.9 Å². The molecule has 0 aliphatic heterocycles. The Morgan fingerprint density at radius 2 is 1.19 bits per heavy atom. The Labute approximate surface area is 355 Å². The average Bonchev–Trinajstić information content (AvgIpc) is 3.18. The van der Waals surface area contributed by atoms with Crippen LogP contribution in [0.15, 0.2) is 82.4 Å². The second kappa shape index (κ2) is 15.8. The normalized spacial score (nSPS) is 16.1. The van der Waals surface area contributed by atoms with Gasteiger partial charge in [-0.25, -0.2) is 0 Å². The lowest BCUT2D eigenvalue weighted by molar-refractivity contribution is 0.408. The van der Waals surface area contributed by atoms with Gasteiger partial charge in [-0.15, -0.1) is 0 Å². The first-order chi connectivity index (χ1) is 27.8. The Morgan fingerprint density at radius 1 is 0.678 bits per heavy atom. The van der Waals surface area contributed by atoms with Gasteiger partial charge in [0.25, 0.3) is 0 Å². The summed E-state index contributed by atoms with van der Waals surface area (Å²) in [6.07, 6.45) is 7.54. The third-order valence-corrected chi connectivity index (χ3v) is 14.2. The standard InChI is InChI=1S/C56H66N2O/c1-30(2)51-27-53(57(29-38(11)42(15)43(16)59)44-21-32(5)39(12)33(6)22-44)49-19-17-48-52(31(3)4)28-54(50-20-18-47(51)55(49)56(48)50)58(45-23-34(7)40(13)35(8)24-45)46-25-36(9)41(14)37(10)26-46/h21-25,27-31,37,59H,17,19,26H2,1-16H3/b38-29-,43-42-. The summed E-state index contributed by atoms with van der Waals surface area (Å²) < 4.78 is 0. The van der Waals surface area contributed by atoms with Gasteiger partial charge in [0.05, 0.1) is 16.8 Å². The highest BCUT2D eigenvalue weighted by Crippen LogP contribution is 2.50. The van der Waals surface area contributed by atoms with Crippen molar-refractivity contribution in [3.63, 3.8) is 0 Å². The predicted octanol–water partition coefficient (Wildman–Crippen LogP) is 16.1. The molecule has 0 spiro atoms. The Bertz CT molecular complexity index is 2620. The van der Waals surface area contributed by atoms with Crippen molar-refractivity contribution < 1.29 is 5.11 Å². The van der Waals surface area contributed by atoms with Gasteiger partial charge in [-0.3, -0.25) is 0 Å². The maximum absolute atomic E-state index is 10.7. The number of anilines is 4. The molecular formula is C56H66N2O. The smallest absolute Gasteiger partial charge is 0.0923 e. The quantitative estimate of drug-likeness (QED) is 0.119. The number of rotatable bonds is 9.